The van der Waals surface area contributed by atoms with E-state index in [0.717, 1.165) is 0 Å². The summed E-state index contributed by atoms with van der Waals surface area (Å²) >= 11 is 0. The normalized spacial score (nSPS) is 19.1. The molecule has 0 aliphatic heterocycles. The zero-order valence-corrected chi connectivity index (χ0v) is 9.81. The molecule has 1 atom stereocenters. The number of nitrogens with one attached hydrogen (secondary N) is 1. The van der Waals surface area contributed by atoms with Crippen molar-refractivity contribution in [3.63, 3.8) is 0 Å². The molecular weight excluding hydrogens is 170 g/mol. The summed E-state index contributed by atoms with van der Waals surface area (Å²) in [6, 6.07) is 0.681. The van der Waals surface area contributed by atoms with Gasteiger partial charge < -0.3 is 5.32 Å². The molecule has 0 aromatic heterocycles. The molecule has 0 aromatic carbocycles. The molecule has 0 spiro atoms. The second-order valence-electron chi connectivity index (χ2n) is 4.32. The van der Waals surface area contributed by atoms with E-state index in [0.29, 0.717) is 6.04 Å². The molecule has 82 valence electrons. The van der Waals surface area contributed by atoms with E-state index in [1.165, 1.54) is 51.5 Å². The van der Waals surface area contributed by atoms with Crippen LogP contribution >= 0.6 is 0 Å². The van der Waals surface area contributed by atoms with Gasteiger partial charge >= 0.3 is 0 Å². The number of hydrogen-bond acceptors (Lipinski definition) is 1. The van der Waals surface area contributed by atoms with Gasteiger partial charge in [-0.05, 0) is 45.1 Å². The molecule has 0 saturated carbocycles. The van der Waals surface area contributed by atoms with Crippen LogP contribution in [0.1, 0.15) is 58.8 Å². The molecule has 1 aliphatic carbocycles. The maximum Gasteiger partial charge on any atom is 0.0279 e. The van der Waals surface area contributed by atoms with Crippen molar-refractivity contribution in [3.8, 4) is 0 Å². The van der Waals surface area contributed by atoms with E-state index in [1.54, 1.807) is 5.57 Å². The largest absolute Gasteiger partial charge is 0.310 e. The zero-order valence-electron chi connectivity index (χ0n) is 9.81. The molecule has 0 bridgehead atoms. The predicted octanol–water partition coefficient (Wildman–Crippen LogP) is 3.66. The zero-order chi connectivity index (χ0) is 10.2. The number of rotatable bonds is 6. The lowest BCUT2D eigenvalue weighted by Crippen LogP contribution is -2.32. The van der Waals surface area contributed by atoms with Crippen molar-refractivity contribution in [2.75, 3.05) is 6.54 Å². The van der Waals surface area contributed by atoms with E-state index >= 15 is 0 Å². The molecule has 1 nitrogen and oxygen atoms in total. The van der Waals surface area contributed by atoms with Crippen molar-refractivity contribution in [2.45, 2.75) is 64.8 Å². The van der Waals surface area contributed by atoms with Crippen molar-refractivity contribution in [1.82, 2.24) is 5.32 Å². The molecule has 1 N–H and O–H groups in total. The Kier molecular flexibility index (Phi) is 5.93. The SMILES string of the molecule is CCCNC(CCC)C1=CCCCC1. The first-order chi connectivity index (χ1) is 6.88. The van der Waals surface area contributed by atoms with Crippen molar-refractivity contribution in [2.24, 2.45) is 0 Å². The Hall–Kier alpha value is -0.300. The Morgan fingerprint density at radius 2 is 2.14 bits per heavy atom. The maximum atomic E-state index is 3.67. The minimum Gasteiger partial charge on any atom is -0.310 e. The smallest absolute Gasteiger partial charge is 0.0279 e. The van der Waals surface area contributed by atoms with Gasteiger partial charge in [-0.1, -0.05) is 31.9 Å². The minimum absolute atomic E-state index is 0.681. The lowest BCUT2D eigenvalue weighted by atomic mass is 9.91. The fourth-order valence-corrected chi connectivity index (χ4v) is 2.21. The van der Waals surface area contributed by atoms with Gasteiger partial charge in [0.05, 0.1) is 0 Å². The Morgan fingerprint density at radius 1 is 1.29 bits per heavy atom. The second kappa shape index (κ2) is 7.05. The van der Waals surface area contributed by atoms with Gasteiger partial charge in [-0.25, -0.2) is 0 Å². The highest BCUT2D eigenvalue weighted by molar-refractivity contribution is 5.13. The fourth-order valence-electron chi connectivity index (χ4n) is 2.21. The van der Waals surface area contributed by atoms with Crippen LogP contribution in [0.15, 0.2) is 11.6 Å². The Morgan fingerprint density at radius 3 is 2.71 bits per heavy atom. The van der Waals surface area contributed by atoms with Crippen molar-refractivity contribution >= 4 is 0 Å². The third kappa shape index (κ3) is 3.83. The van der Waals surface area contributed by atoms with Crippen molar-refractivity contribution in [1.29, 1.82) is 0 Å². The van der Waals surface area contributed by atoms with E-state index in [4.69, 9.17) is 0 Å². The van der Waals surface area contributed by atoms with Crippen LogP contribution < -0.4 is 5.32 Å². The van der Waals surface area contributed by atoms with Gasteiger partial charge in [0, 0.05) is 6.04 Å². The predicted molar refractivity (Wildman–Crippen MR) is 63.5 cm³/mol. The van der Waals surface area contributed by atoms with Crippen LogP contribution in [-0.2, 0) is 0 Å². The maximum absolute atomic E-state index is 3.67. The number of allylic oxidation sites excluding steroid dienone is 1. The summed E-state index contributed by atoms with van der Waals surface area (Å²) in [5.41, 5.74) is 1.69. The van der Waals surface area contributed by atoms with Crippen molar-refractivity contribution < 1.29 is 0 Å². The third-order valence-electron chi connectivity index (χ3n) is 2.99. The number of hydrogen-bond donors (Lipinski definition) is 1. The van der Waals surface area contributed by atoms with Gasteiger partial charge in [0.25, 0.3) is 0 Å². The molecule has 1 rings (SSSR count). The van der Waals surface area contributed by atoms with E-state index in [-0.39, 0.29) is 0 Å². The summed E-state index contributed by atoms with van der Waals surface area (Å²) < 4.78 is 0. The minimum atomic E-state index is 0.681. The first kappa shape index (κ1) is 11.8. The molecular formula is C13H25N. The van der Waals surface area contributed by atoms with E-state index in [2.05, 4.69) is 25.2 Å². The highest BCUT2D eigenvalue weighted by Gasteiger charge is 2.13. The third-order valence-corrected chi connectivity index (χ3v) is 2.99. The summed E-state index contributed by atoms with van der Waals surface area (Å²) in [6.45, 7) is 5.69. The van der Waals surface area contributed by atoms with Crippen LogP contribution in [0, 0.1) is 0 Å². The molecule has 0 amide bonds. The van der Waals surface area contributed by atoms with Gasteiger partial charge in [0.2, 0.25) is 0 Å². The molecule has 1 heteroatoms. The van der Waals surface area contributed by atoms with Crippen molar-refractivity contribution in [3.05, 3.63) is 11.6 Å². The summed E-state index contributed by atoms with van der Waals surface area (Å²) in [4.78, 5) is 0. The summed E-state index contributed by atoms with van der Waals surface area (Å²) in [6.07, 6.45) is 11.8. The molecule has 1 aliphatic rings. The van der Waals surface area contributed by atoms with Crippen LogP contribution in [0.2, 0.25) is 0 Å². The summed E-state index contributed by atoms with van der Waals surface area (Å²) in [7, 11) is 0. The summed E-state index contributed by atoms with van der Waals surface area (Å²) in [5.74, 6) is 0. The average Bonchev–Trinajstić information content (AvgIpc) is 2.25. The molecule has 0 radical (unpaired) electrons. The first-order valence-electron chi connectivity index (χ1n) is 6.30. The molecule has 0 saturated heterocycles. The monoisotopic (exact) mass is 195 g/mol. The van der Waals surface area contributed by atoms with Crippen LogP contribution in [0.3, 0.4) is 0 Å². The fraction of sp³-hybridized carbons (Fsp3) is 0.846. The van der Waals surface area contributed by atoms with E-state index in [9.17, 15) is 0 Å². The van der Waals surface area contributed by atoms with E-state index < -0.39 is 0 Å². The standard InChI is InChI=1S/C13H25N/c1-3-8-13(14-11-4-2)12-9-6-5-7-10-12/h9,13-14H,3-8,10-11H2,1-2H3. The molecule has 0 fully saturated rings. The quantitative estimate of drug-likeness (QED) is 0.638. The average molecular weight is 195 g/mol. The Bertz CT molecular complexity index is 172. The second-order valence-corrected chi connectivity index (χ2v) is 4.32. The van der Waals surface area contributed by atoms with Gasteiger partial charge in [-0.2, -0.15) is 0 Å². The van der Waals surface area contributed by atoms with Gasteiger partial charge in [0.1, 0.15) is 0 Å². The topological polar surface area (TPSA) is 12.0 Å². The summed E-state index contributed by atoms with van der Waals surface area (Å²) in [5, 5.41) is 3.67. The highest BCUT2D eigenvalue weighted by atomic mass is 14.9. The lowest BCUT2D eigenvalue weighted by Gasteiger charge is -2.24. The Labute approximate surface area is 89.0 Å². The van der Waals surface area contributed by atoms with Gasteiger partial charge in [-0.3, -0.25) is 0 Å². The molecule has 1 unspecified atom stereocenters. The van der Waals surface area contributed by atoms with Crippen LogP contribution in [0.25, 0.3) is 0 Å². The molecule has 0 aromatic rings. The highest BCUT2D eigenvalue weighted by Crippen LogP contribution is 2.22. The van der Waals surface area contributed by atoms with Gasteiger partial charge in [-0.15, -0.1) is 0 Å². The van der Waals surface area contributed by atoms with Crippen LogP contribution in [0.4, 0.5) is 0 Å². The molecule has 14 heavy (non-hydrogen) atoms. The van der Waals surface area contributed by atoms with Crippen LogP contribution in [0.5, 0.6) is 0 Å². The van der Waals surface area contributed by atoms with Crippen LogP contribution in [-0.4, -0.2) is 12.6 Å². The lowest BCUT2D eigenvalue weighted by molar-refractivity contribution is 0.497. The first-order valence-corrected chi connectivity index (χ1v) is 6.30. The molecule has 0 heterocycles. The van der Waals surface area contributed by atoms with Gasteiger partial charge in [0.15, 0.2) is 0 Å². The Balaban J connectivity index is 2.42. The van der Waals surface area contributed by atoms with E-state index in [1.807, 2.05) is 0 Å².